The Balaban J connectivity index is 0. The van der Waals surface area contributed by atoms with Gasteiger partial charge in [-0.15, -0.1) is 0 Å². The van der Waals surface area contributed by atoms with Gasteiger partial charge in [-0.05, 0) is 24.3 Å². The van der Waals surface area contributed by atoms with Crippen LogP contribution in [0.3, 0.4) is 0 Å². The van der Waals surface area contributed by atoms with E-state index in [1.807, 2.05) is 36.4 Å². The monoisotopic (exact) mass is 386 g/mol. The van der Waals surface area contributed by atoms with Crippen LogP contribution in [0.2, 0.25) is 0 Å². The first-order chi connectivity index (χ1) is 10.9. The number of nitrogens with zero attached hydrogens (tertiary/aromatic N) is 4. The molecule has 0 spiro atoms. The molecule has 2 aromatic rings. The molecule has 0 aliphatic carbocycles. The first-order valence-corrected chi connectivity index (χ1v) is 6.05. The van der Waals surface area contributed by atoms with Crippen LogP contribution in [0.4, 0.5) is 0 Å². The average molecular weight is 387 g/mol. The van der Waals surface area contributed by atoms with Gasteiger partial charge in [0, 0.05) is 25.5 Å². The van der Waals surface area contributed by atoms with Crippen LogP contribution >= 0.6 is 0 Å². The Morgan fingerprint density at radius 2 is 1.12 bits per heavy atom. The molecule has 133 valence electrons. The molecule has 0 amide bonds. The third-order valence-corrected chi connectivity index (χ3v) is 2.06. The van der Waals surface area contributed by atoms with E-state index in [-0.39, 0.29) is 17.1 Å². The Bertz CT molecular complexity index is 515. The molecule has 24 heavy (non-hydrogen) atoms. The minimum Gasteiger partial charge on any atom is -0.356 e. The number of hydrogen-bond donors (Lipinski definition) is 1. The topological polar surface area (TPSA) is 170 Å². The first-order valence-electron chi connectivity index (χ1n) is 6.05. The molecule has 0 aliphatic rings. The second-order valence-electron chi connectivity index (χ2n) is 3.69. The van der Waals surface area contributed by atoms with E-state index in [4.69, 9.17) is 30.6 Å². The van der Waals surface area contributed by atoms with Crippen LogP contribution < -0.4 is 5.32 Å². The first kappa shape index (κ1) is 23.4. The van der Waals surface area contributed by atoms with Gasteiger partial charge in [0.25, 0.3) is 0 Å². The molecule has 0 aromatic carbocycles. The maximum absolute atomic E-state index is 8.25. The Kier molecular flexibility index (Phi) is 14.7. The molecule has 0 bridgehead atoms. The number of rotatable bonds is 4. The van der Waals surface area contributed by atoms with Crippen molar-refractivity contribution in [3.63, 3.8) is 0 Å². The predicted octanol–water partition coefficient (Wildman–Crippen LogP) is 1.29. The van der Waals surface area contributed by atoms with Crippen LogP contribution in [-0.2, 0) is 30.2 Å². The summed E-state index contributed by atoms with van der Waals surface area (Å²) in [6, 6.07) is 11.8. The summed E-state index contributed by atoms with van der Waals surface area (Å²) in [6.45, 7) is 1.55. The quantitative estimate of drug-likeness (QED) is 0.461. The van der Waals surface area contributed by atoms with Crippen LogP contribution in [0.25, 0.3) is 0 Å². The maximum Gasteiger partial charge on any atom is 2.00 e. The van der Waals surface area contributed by atoms with Crippen molar-refractivity contribution in [2.24, 2.45) is 0 Å². The van der Waals surface area contributed by atoms with E-state index < -0.39 is 10.2 Å². The summed E-state index contributed by atoms with van der Waals surface area (Å²) in [4.78, 5) is 25.0. The van der Waals surface area contributed by atoms with Gasteiger partial charge in [-0.3, -0.25) is 9.97 Å². The van der Waals surface area contributed by atoms with Crippen molar-refractivity contribution in [2.75, 3.05) is 0 Å². The Labute approximate surface area is 147 Å². The van der Waals surface area contributed by atoms with Gasteiger partial charge in [-0.2, -0.15) is 0 Å². The smallest absolute Gasteiger partial charge is 0.356 e. The molecule has 12 heteroatoms. The molecule has 2 heterocycles. The third-order valence-electron chi connectivity index (χ3n) is 2.06. The van der Waals surface area contributed by atoms with Gasteiger partial charge in [-0.1, -0.05) is 12.1 Å². The molecule has 0 saturated carbocycles. The van der Waals surface area contributed by atoms with Crippen LogP contribution in [0.15, 0.2) is 48.8 Å². The van der Waals surface area contributed by atoms with Crippen molar-refractivity contribution in [1.29, 1.82) is 0 Å². The van der Waals surface area contributed by atoms with Crippen molar-refractivity contribution in [3.05, 3.63) is 90.8 Å². The number of aromatic nitrogens is 2. The summed E-state index contributed by atoms with van der Waals surface area (Å²) in [5.74, 6) is 0. The van der Waals surface area contributed by atoms with Crippen LogP contribution in [0, 0.1) is 30.6 Å². The second-order valence-corrected chi connectivity index (χ2v) is 3.69. The fraction of sp³-hybridized carbons (Fsp3) is 0.167. The number of pyridine rings is 2. The van der Waals surface area contributed by atoms with Crippen LogP contribution in [-0.4, -0.2) is 20.1 Å². The predicted molar refractivity (Wildman–Crippen MR) is 79.7 cm³/mol. The fourth-order valence-electron chi connectivity index (χ4n) is 1.32. The normalized spacial score (nSPS) is 8.33. The van der Waals surface area contributed by atoms with Gasteiger partial charge >= 0.3 is 17.1 Å². The van der Waals surface area contributed by atoms with Gasteiger partial charge in [0.1, 0.15) is 0 Å². The van der Waals surface area contributed by atoms with E-state index in [0.717, 1.165) is 24.5 Å². The zero-order valence-corrected chi connectivity index (χ0v) is 13.0. The third kappa shape index (κ3) is 17.2. The summed E-state index contributed by atoms with van der Waals surface area (Å²) < 4.78 is 0. The minimum atomic E-state index is -1.75. The number of nitrogens with one attached hydrogen (secondary N) is 1. The van der Waals surface area contributed by atoms with E-state index in [0.29, 0.717) is 0 Å². The van der Waals surface area contributed by atoms with E-state index in [2.05, 4.69) is 15.3 Å². The van der Waals surface area contributed by atoms with Gasteiger partial charge in [0.2, 0.25) is 0 Å². The molecule has 2 rings (SSSR count). The summed E-state index contributed by atoms with van der Waals surface area (Å²) >= 11 is 0. The van der Waals surface area contributed by atoms with E-state index >= 15 is 0 Å². The van der Waals surface area contributed by atoms with Gasteiger partial charge in [0.05, 0.1) is 21.6 Å². The molecular weight excluding hydrogens is 374 g/mol. The molecule has 0 atom stereocenters. The molecule has 0 saturated heterocycles. The average Bonchev–Trinajstić information content (AvgIpc) is 2.48. The molecule has 1 N–H and O–H groups in total. The molecule has 2 aromatic heterocycles. The molecule has 1 radical (unpaired) electrons. The standard InChI is InChI=1S/C12H13N3.Cu.2NO3/c1-3-7-14-11(5-1)9-13-10-12-6-2-4-8-15-12;;2*2-1(3)4/h1-8,13H,9-10H2;;;/q;+2;2*-1. The second kappa shape index (κ2) is 15.1. The van der Waals surface area contributed by atoms with Gasteiger partial charge in [-0.25, -0.2) is 0 Å². The Morgan fingerprint density at radius 1 is 0.792 bits per heavy atom. The molecule has 11 nitrogen and oxygen atoms in total. The summed E-state index contributed by atoms with van der Waals surface area (Å²) in [5, 5.41) is 32.8. The minimum absolute atomic E-state index is 0. The van der Waals surface area contributed by atoms with E-state index in [1.54, 1.807) is 12.4 Å². The zero-order chi connectivity index (χ0) is 17.5. The molecule has 0 aliphatic heterocycles. The van der Waals surface area contributed by atoms with E-state index in [9.17, 15) is 0 Å². The van der Waals surface area contributed by atoms with E-state index in [1.165, 1.54) is 0 Å². The Hall–Kier alpha value is -2.82. The zero-order valence-electron chi connectivity index (χ0n) is 12.1. The molecular formula is C12H13CuN5O6. The number of hydrogen-bond acceptors (Lipinski definition) is 9. The van der Waals surface area contributed by atoms with Crippen molar-refractivity contribution < 1.29 is 27.2 Å². The van der Waals surface area contributed by atoms with Gasteiger partial charge in [0.15, 0.2) is 0 Å². The maximum atomic E-state index is 8.25. The summed E-state index contributed by atoms with van der Waals surface area (Å²) in [7, 11) is 0. The Morgan fingerprint density at radius 3 is 1.38 bits per heavy atom. The molecule has 0 fully saturated rings. The summed E-state index contributed by atoms with van der Waals surface area (Å²) in [5.41, 5.74) is 2.10. The largest absolute Gasteiger partial charge is 2.00 e. The van der Waals surface area contributed by atoms with Crippen molar-refractivity contribution in [2.45, 2.75) is 13.1 Å². The van der Waals surface area contributed by atoms with Gasteiger partial charge < -0.3 is 36.0 Å². The van der Waals surface area contributed by atoms with Crippen molar-refractivity contribution in [3.8, 4) is 0 Å². The molecule has 0 unspecified atom stereocenters. The fourth-order valence-corrected chi connectivity index (χ4v) is 1.32. The van der Waals surface area contributed by atoms with Crippen molar-refractivity contribution >= 4 is 0 Å². The van der Waals surface area contributed by atoms with Crippen molar-refractivity contribution in [1.82, 2.24) is 15.3 Å². The SMILES string of the molecule is O=[N+]([O-])[O-].O=[N+]([O-])[O-].[Cu+2].c1ccc(CNCc2ccccn2)nc1. The van der Waals surface area contributed by atoms with Crippen LogP contribution in [0.1, 0.15) is 11.4 Å². The van der Waals surface area contributed by atoms with Crippen LogP contribution in [0.5, 0.6) is 0 Å². The summed E-state index contributed by atoms with van der Waals surface area (Å²) in [6.07, 6.45) is 3.61.